The zero-order valence-corrected chi connectivity index (χ0v) is 14.8. The molecule has 0 fully saturated rings. The molecule has 0 aromatic rings. The molecule has 0 heterocycles. The molecule has 128 valence electrons. The molecule has 0 radical (unpaired) electrons. The molecule has 3 N–H and O–H groups in total. The van der Waals surface area contributed by atoms with Crippen LogP contribution >= 0.6 is 0 Å². The van der Waals surface area contributed by atoms with E-state index in [1.807, 2.05) is 20.8 Å². The molecule has 5 heteroatoms. The van der Waals surface area contributed by atoms with E-state index in [0.29, 0.717) is 18.4 Å². The van der Waals surface area contributed by atoms with Crippen LogP contribution < -0.4 is 11.1 Å². The number of amides is 2. The summed E-state index contributed by atoms with van der Waals surface area (Å²) in [5, 5.41) is 2.84. The molecular formula is C17H32N2O3. The summed E-state index contributed by atoms with van der Waals surface area (Å²) in [6, 6.07) is -0.0487. The van der Waals surface area contributed by atoms with Crippen LogP contribution in [0.15, 0.2) is 25.3 Å². The van der Waals surface area contributed by atoms with Crippen molar-refractivity contribution in [3.63, 3.8) is 0 Å². The van der Waals surface area contributed by atoms with Gasteiger partial charge in [-0.25, -0.2) is 0 Å². The maximum Gasteiger partial charge on any atom is 0.243 e. The van der Waals surface area contributed by atoms with E-state index < -0.39 is 5.91 Å². The third-order valence-electron chi connectivity index (χ3n) is 3.64. The Morgan fingerprint density at radius 3 is 1.95 bits per heavy atom. The van der Waals surface area contributed by atoms with Gasteiger partial charge in [-0.2, -0.15) is 0 Å². The lowest BCUT2D eigenvalue weighted by Gasteiger charge is -2.34. The lowest BCUT2D eigenvalue weighted by molar-refractivity contribution is -0.120. The summed E-state index contributed by atoms with van der Waals surface area (Å²) >= 11 is 0. The molecule has 0 bridgehead atoms. The lowest BCUT2D eigenvalue weighted by Crippen LogP contribution is -2.49. The standard InChI is InChI=1S/C14H27NO2.C3H5NO/c1-8-13(16)15-12(5)14(6,7)17-9-11(4)10(2)3;1-2-3(4)5/h8,10-12H,1,9H2,2-7H3,(H,15,16);2H,1H2,(H2,4,5). The Bertz CT molecular complexity index is 376. The number of nitrogens with one attached hydrogen (secondary N) is 1. The second-order valence-corrected chi connectivity index (χ2v) is 6.18. The first-order chi connectivity index (χ1) is 9.97. The van der Waals surface area contributed by atoms with Gasteiger partial charge in [-0.1, -0.05) is 33.9 Å². The molecule has 22 heavy (non-hydrogen) atoms. The minimum atomic E-state index is -0.481. The Balaban J connectivity index is 0. The van der Waals surface area contributed by atoms with Crippen LogP contribution in [0.5, 0.6) is 0 Å². The van der Waals surface area contributed by atoms with E-state index in [1.54, 1.807) is 0 Å². The largest absolute Gasteiger partial charge is 0.373 e. The smallest absolute Gasteiger partial charge is 0.243 e. The van der Waals surface area contributed by atoms with E-state index in [9.17, 15) is 9.59 Å². The highest BCUT2D eigenvalue weighted by atomic mass is 16.5. The van der Waals surface area contributed by atoms with Gasteiger partial charge in [0.2, 0.25) is 11.8 Å². The summed E-state index contributed by atoms with van der Waals surface area (Å²) in [6.07, 6.45) is 2.34. The van der Waals surface area contributed by atoms with Crippen LogP contribution in [0.2, 0.25) is 0 Å². The van der Waals surface area contributed by atoms with Crippen LogP contribution in [0.4, 0.5) is 0 Å². The molecule has 0 aromatic heterocycles. The average Bonchev–Trinajstić information content (AvgIpc) is 2.44. The maximum absolute atomic E-state index is 11.2. The summed E-state index contributed by atoms with van der Waals surface area (Å²) in [7, 11) is 0. The van der Waals surface area contributed by atoms with Crippen LogP contribution in [0.1, 0.15) is 41.5 Å². The molecule has 0 aliphatic rings. The predicted octanol–water partition coefficient (Wildman–Crippen LogP) is 2.42. The fourth-order valence-electron chi connectivity index (χ4n) is 1.11. The van der Waals surface area contributed by atoms with Crippen molar-refractivity contribution in [1.29, 1.82) is 0 Å². The predicted molar refractivity (Wildman–Crippen MR) is 91.2 cm³/mol. The molecule has 5 nitrogen and oxygen atoms in total. The second kappa shape index (κ2) is 11.0. The third-order valence-corrected chi connectivity index (χ3v) is 3.64. The summed E-state index contributed by atoms with van der Waals surface area (Å²) in [5.41, 5.74) is 4.16. The molecule has 0 aromatic carbocycles. The minimum Gasteiger partial charge on any atom is -0.373 e. The zero-order valence-electron chi connectivity index (χ0n) is 14.8. The zero-order chi connectivity index (χ0) is 17.9. The van der Waals surface area contributed by atoms with Crippen molar-refractivity contribution in [3.05, 3.63) is 25.3 Å². The van der Waals surface area contributed by atoms with E-state index in [-0.39, 0.29) is 17.6 Å². The Labute approximate surface area is 135 Å². The number of ether oxygens (including phenoxy) is 1. The van der Waals surface area contributed by atoms with Crippen molar-refractivity contribution in [2.45, 2.75) is 53.2 Å². The van der Waals surface area contributed by atoms with Crippen molar-refractivity contribution >= 4 is 11.8 Å². The topological polar surface area (TPSA) is 81.4 Å². The molecule has 0 aliphatic heterocycles. The molecule has 2 amide bonds. The first-order valence-corrected chi connectivity index (χ1v) is 7.46. The molecule has 0 saturated carbocycles. The van der Waals surface area contributed by atoms with Crippen LogP contribution in [-0.2, 0) is 14.3 Å². The minimum absolute atomic E-state index is 0.0487. The van der Waals surface area contributed by atoms with Crippen molar-refractivity contribution in [2.24, 2.45) is 17.6 Å². The summed E-state index contributed by atoms with van der Waals surface area (Å²) < 4.78 is 5.91. The van der Waals surface area contributed by atoms with E-state index in [1.165, 1.54) is 6.08 Å². The lowest BCUT2D eigenvalue weighted by atomic mass is 9.97. The summed E-state index contributed by atoms with van der Waals surface area (Å²) in [5.74, 6) is 0.469. The Morgan fingerprint density at radius 1 is 1.18 bits per heavy atom. The van der Waals surface area contributed by atoms with Crippen LogP contribution in [-0.4, -0.2) is 30.1 Å². The average molecular weight is 312 g/mol. The monoisotopic (exact) mass is 312 g/mol. The Morgan fingerprint density at radius 2 is 1.64 bits per heavy atom. The highest BCUT2D eigenvalue weighted by Crippen LogP contribution is 2.19. The molecule has 0 saturated heterocycles. The quantitative estimate of drug-likeness (QED) is 0.675. The van der Waals surface area contributed by atoms with Gasteiger partial charge >= 0.3 is 0 Å². The van der Waals surface area contributed by atoms with Gasteiger partial charge in [0.1, 0.15) is 0 Å². The maximum atomic E-state index is 11.2. The molecule has 0 rings (SSSR count). The SMILES string of the molecule is C=CC(=O)NC(C)C(C)(C)OCC(C)C(C)C.C=CC(N)=O. The number of hydrogen-bond donors (Lipinski definition) is 2. The van der Waals surface area contributed by atoms with Gasteiger partial charge in [-0.05, 0) is 44.8 Å². The van der Waals surface area contributed by atoms with Gasteiger partial charge in [-0.15, -0.1) is 0 Å². The highest BCUT2D eigenvalue weighted by molar-refractivity contribution is 5.87. The van der Waals surface area contributed by atoms with Crippen LogP contribution in [0.3, 0.4) is 0 Å². The fraction of sp³-hybridized carbons (Fsp3) is 0.647. The molecule has 0 aliphatic carbocycles. The van der Waals surface area contributed by atoms with E-state index >= 15 is 0 Å². The number of primary amides is 1. The first-order valence-electron chi connectivity index (χ1n) is 7.46. The Hall–Kier alpha value is -1.62. The molecular weight excluding hydrogens is 280 g/mol. The highest BCUT2D eigenvalue weighted by Gasteiger charge is 2.28. The fourth-order valence-corrected chi connectivity index (χ4v) is 1.11. The van der Waals surface area contributed by atoms with Gasteiger partial charge in [0.05, 0.1) is 18.2 Å². The van der Waals surface area contributed by atoms with Gasteiger partial charge in [-0.3, -0.25) is 9.59 Å². The van der Waals surface area contributed by atoms with E-state index in [4.69, 9.17) is 4.74 Å². The van der Waals surface area contributed by atoms with Crippen LogP contribution in [0, 0.1) is 11.8 Å². The van der Waals surface area contributed by atoms with Gasteiger partial charge in [0.25, 0.3) is 0 Å². The number of carbonyl (C=O) groups excluding carboxylic acids is 2. The van der Waals surface area contributed by atoms with Crippen molar-refractivity contribution in [2.75, 3.05) is 6.61 Å². The van der Waals surface area contributed by atoms with E-state index in [2.05, 4.69) is 45.0 Å². The number of nitrogens with two attached hydrogens (primary N) is 1. The molecule has 0 spiro atoms. The van der Waals surface area contributed by atoms with Gasteiger partial charge in [0, 0.05) is 0 Å². The Kier molecular flexibility index (Phi) is 11.3. The van der Waals surface area contributed by atoms with Gasteiger partial charge in [0.15, 0.2) is 0 Å². The summed E-state index contributed by atoms with van der Waals surface area (Å²) in [6.45, 7) is 19.7. The second-order valence-electron chi connectivity index (χ2n) is 6.18. The van der Waals surface area contributed by atoms with Crippen molar-refractivity contribution in [3.8, 4) is 0 Å². The first kappa shape index (κ1) is 22.7. The number of rotatable bonds is 8. The van der Waals surface area contributed by atoms with Crippen LogP contribution in [0.25, 0.3) is 0 Å². The normalized spacial score (nSPS) is 13.4. The van der Waals surface area contributed by atoms with Crippen molar-refractivity contribution in [1.82, 2.24) is 5.32 Å². The number of carbonyl (C=O) groups is 2. The molecule has 2 unspecified atom stereocenters. The summed E-state index contributed by atoms with van der Waals surface area (Å²) in [4.78, 5) is 20.7. The van der Waals surface area contributed by atoms with Crippen molar-refractivity contribution < 1.29 is 14.3 Å². The van der Waals surface area contributed by atoms with E-state index in [0.717, 1.165) is 6.08 Å². The third kappa shape index (κ3) is 11.1. The van der Waals surface area contributed by atoms with Gasteiger partial charge < -0.3 is 15.8 Å². The molecule has 2 atom stereocenters. The number of hydrogen-bond acceptors (Lipinski definition) is 3.